The van der Waals surface area contributed by atoms with Crippen molar-refractivity contribution in [3.63, 3.8) is 0 Å². The van der Waals surface area contributed by atoms with E-state index in [9.17, 15) is 5.11 Å². The minimum absolute atomic E-state index is 0.193. The highest BCUT2D eigenvalue weighted by atomic mass is 16.5. The molecule has 2 aromatic rings. The largest absolute Gasteiger partial charge is 0.507 e. The standard InChI is InChI=1S/C16H20N2O2/c1-3-11-5-6-12(9-11)15-17-16(20-18-15)13-7-4-10(2)8-14(13)19/h4,7-8,11-12,19H,3,5-6,9H2,1-2H3. The Bertz CT molecular complexity index is 606. The van der Waals surface area contributed by atoms with Gasteiger partial charge in [-0.05, 0) is 49.8 Å². The van der Waals surface area contributed by atoms with E-state index in [2.05, 4.69) is 17.1 Å². The van der Waals surface area contributed by atoms with Gasteiger partial charge in [-0.15, -0.1) is 0 Å². The molecule has 106 valence electrons. The lowest BCUT2D eigenvalue weighted by molar-refractivity contribution is 0.409. The van der Waals surface area contributed by atoms with Crippen LogP contribution in [0.3, 0.4) is 0 Å². The molecular weight excluding hydrogens is 252 g/mol. The van der Waals surface area contributed by atoms with Crippen molar-refractivity contribution in [3.8, 4) is 17.2 Å². The Morgan fingerprint density at radius 1 is 1.35 bits per heavy atom. The van der Waals surface area contributed by atoms with Crippen LogP contribution in [0.2, 0.25) is 0 Å². The molecule has 1 aliphatic rings. The highest BCUT2D eigenvalue weighted by Gasteiger charge is 2.28. The maximum atomic E-state index is 9.97. The summed E-state index contributed by atoms with van der Waals surface area (Å²) in [6, 6.07) is 5.47. The van der Waals surface area contributed by atoms with Gasteiger partial charge in [0, 0.05) is 5.92 Å². The van der Waals surface area contributed by atoms with Crippen molar-refractivity contribution in [2.75, 3.05) is 0 Å². The first-order chi connectivity index (χ1) is 9.67. The number of hydrogen-bond donors (Lipinski definition) is 1. The zero-order valence-corrected chi connectivity index (χ0v) is 12.0. The van der Waals surface area contributed by atoms with Crippen molar-refractivity contribution in [1.29, 1.82) is 0 Å². The Balaban J connectivity index is 1.83. The summed E-state index contributed by atoms with van der Waals surface area (Å²) in [6.45, 7) is 4.17. The minimum Gasteiger partial charge on any atom is -0.507 e. The average molecular weight is 272 g/mol. The lowest BCUT2D eigenvalue weighted by Crippen LogP contribution is -1.97. The predicted molar refractivity (Wildman–Crippen MR) is 76.5 cm³/mol. The number of hydrogen-bond acceptors (Lipinski definition) is 4. The zero-order valence-electron chi connectivity index (χ0n) is 12.0. The first-order valence-electron chi connectivity index (χ1n) is 7.31. The Morgan fingerprint density at radius 2 is 2.20 bits per heavy atom. The summed E-state index contributed by atoms with van der Waals surface area (Å²) < 4.78 is 5.33. The molecule has 1 heterocycles. The summed E-state index contributed by atoms with van der Waals surface area (Å²) in [6.07, 6.45) is 4.76. The van der Waals surface area contributed by atoms with Crippen LogP contribution in [-0.2, 0) is 0 Å². The number of nitrogens with zero attached hydrogens (tertiary/aromatic N) is 2. The molecule has 1 aromatic carbocycles. The highest BCUT2D eigenvalue weighted by Crippen LogP contribution is 2.39. The van der Waals surface area contributed by atoms with E-state index >= 15 is 0 Å². The van der Waals surface area contributed by atoms with Crippen LogP contribution < -0.4 is 0 Å². The SMILES string of the molecule is CCC1CCC(c2noc(-c3ccc(C)cc3O)n2)C1. The predicted octanol–water partition coefficient (Wildman–Crippen LogP) is 4.04. The summed E-state index contributed by atoms with van der Waals surface area (Å²) in [7, 11) is 0. The van der Waals surface area contributed by atoms with Crippen molar-refractivity contribution in [1.82, 2.24) is 10.1 Å². The van der Waals surface area contributed by atoms with E-state index < -0.39 is 0 Å². The summed E-state index contributed by atoms with van der Waals surface area (Å²) in [4.78, 5) is 4.48. The average Bonchev–Trinajstić information content (AvgIpc) is 3.07. The Hall–Kier alpha value is -1.84. The topological polar surface area (TPSA) is 59.2 Å². The molecule has 0 radical (unpaired) electrons. The number of benzene rings is 1. The summed E-state index contributed by atoms with van der Waals surface area (Å²) in [5.41, 5.74) is 1.62. The molecule has 1 N–H and O–H groups in total. The third kappa shape index (κ3) is 2.42. The van der Waals surface area contributed by atoms with Crippen molar-refractivity contribution in [2.24, 2.45) is 5.92 Å². The third-order valence-corrected chi connectivity index (χ3v) is 4.31. The molecule has 2 atom stereocenters. The molecule has 1 aromatic heterocycles. The molecule has 4 nitrogen and oxygen atoms in total. The van der Waals surface area contributed by atoms with Gasteiger partial charge >= 0.3 is 0 Å². The number of phenols is 1. The van der Waals surface area contributed by atoms with Gasteiger partial charge in [0.25, 0.3) is 5.89 Å². The van der Waals surface area contributed by atoms with E-state index in [0.29, 0.717) is 17.4 Å². The number of aromatic hydroxyl groups is 1. The van der Waals surface area contributed by atoms with E-state index in [1.54, 1.807) is 6.07 Å². The summed E-state index contributed by atoms with van der Waals surface area (Å²) in [5, 5.41) is 14.1. The van der Waals surface area contributed by atoms with Crippen LogP contribution in [-0.4, -0.2) is 15.2 Å². The van der Waals surface area contributed by atoms with E-state index in [1.807, 2.05) is 19.1 Å². The summed E-state index contributed by atoms with van der Waals surface area (Å²) >= 11 is 0. The van der Waals surface area contributed by atoms with Crippen LogP contribution in [0, 0.1) is 12.8 Å². The van der Waals surface area contributed by atoms with Crippen molar-refractivity contribution < 1.29 is 9.63 Å². The van der Waals surface area contributed by atoms with Crippen LogP contribution >= 0.6 is 0 Å². The van der Waals surface area contributed by atoms with Crippen molar-refractivity contribution >= 4 is 0 Å². The van der Waals surface area contributed by atoms with Gasteiger partial charge in [0.2, 0.25) is 0 Å². The monoisotopic (exact) mass is 272 g/mol. The third-order valence-electron chi connectivity index (χ3n) is 4.31. The van der Waals surface area contributed by atoms with E-state index in [-0.39, 0.29) is 5.75 Å². The van der Waals surface area contributed by atoms with Gasteiger partial charge < -0.3 is 9.63 Å². The Morgan fingerprint density at radius 3 is 2.90 bits per heavy atom. The molecule has 0 bridgehead atoms. The smallest absolute Gasteiger partial charge is 0.261 e. The zero-order chi connectivity index (χ0) is 14.1. The fraction of sp³-hybridized carbons (Fsp3) is 0.500. The van der Waals surface area contributed by atoms with Gasteiger partial charge in [-0.2, -0.15) is 4.98 Å². The molecule has 20 heavy (non-hydrogen) atoms. The molecular formula is C16H20N2O2. The van der Waals surface area contributed by atoms with Gasteiger partial charge in [0.1, 0.15) is 5.75 Å². The second-order valence-electron chi connectivity index (χ2n) is 5.76. The van der Waals surface area contributed by atoms with Crippen molar-refractivity contribution in [2.45, 2.75) is 45.4 Å². The fourth-order valence-electron chi connectivity index (χ4n) is 3.01. The quantitative estimate of drug-likeness (QED) is 0.915. The molecule has 1 fully saturated rings. The minimum atomic E-state index is 0.193. The second-order valence-corrected chi connectivity index (χ2v) is 5.76. The number of rotatable bonds is 3. The molecule has 4 heteroatoms. The second kappa shape index (κ2) is 5.27. The summed E-state index contributed by atoms with van der Waals surface area (Å²) in [5.74, 6) is 2.59. The molecule has 0 aliphatic heterocycles. The van der Waals surface area contributed by atoms with Crippen LogP contribution in [0.4, 0.5) is 0 Å². The van der Waals surface area contributed by atoms with Gasteiger partial charge in [-0.1, -0.05) is 24.6 Å². The molecule has 0 amide bonds. The lowest BCUT2D eigenvalue weighted by Gasteiger charge is -2.04. The Kier molecular flexibility index (Phi) is 3.47. The van der Waals surface area contributed by atoms with E-state index in [1.165, 1.54) is 12.8 Å². The molecule has 0 spiro atoms. The van der Waals surface area contributed by atoms with E-state index in [4.69, 9.17) is 4.52 Å². The van der Waals surface area contributed by atoms with Crippen LogP contribution in [0.1, 0.15) is 49.9 Å². The highest BCUT2D eigenvalue weighted by molar-refractivity contribution is 5.62. The lowest BCUT2D eigenvalue weighted by atomic mass is 10.0. The van der Waals surface area contributed by atoms with Gasteiger partial charge in [-0.25, -0.2) is 0 Å². The molecule has 0 saturated heterocycles. The normalized spacial score (nSPS) is 22.3. The van der Waals surface area contributed by atoms with Crippen molar-refractivity contribution in [3.05, 3.63) is 29.6 Å². The first-order valence-corrected chi connectivity index (χ1v) is 7.31. The molecule has 1 saturated carbocycles. The fourth-order valence-corrected chi connectivity index (χ4v) is 3.01. The van der Waals surface area contributed by atoms with E-state index in [0.717, 1.165) is 30.1 Å². The molecule has 2 unspecified atom stereocenters. The number of aryl methyl sites for hydroxylation is 1. The number of phenolic OH excluding ortho intramolecular Hbond substituents is 1. The van der Waals surface area contributed by atoms with Crippen LogP contribution in [0.25, 0.3) is 11.5 Å². The first kappa shape index (κ1) is 13.2. The van der Waals surface area contributed by atoms with Crippen LogP contribution in [0.15, 0.2) is 22.7 Å². The van der Waals surface area contributed by atoms with Gasteiger partial charge in [0.15, 0.2) is 5.82 Å². The van der Waals surface area contributed by atoms with Gasteiger partial charge in [0.05, 0.1) is 5.56 Å². The maximum Gasteiger partial charge on any atom is 0.261 e. The molecule has 3 rings (SSSR count). The van der Waals surface area contributed by atoms with Gasteiger partial charge in [-0.3, -0.25) is 0 Å². The van der Waals surface area contributed by atoms with Crippen LogP contribution in [0.5, 0.6) is 5.75 Å². The molecule has 1 aliphatic carbocycles. The number of aromatic nitrogens is 2. The maximum absolute atomic E-state index is 9.97. The Labute approximate surface area is 118 Å².